The van der Waals surface area contributed by atoms with Gasteiger partial charge in [-0.25, -0.2) is 5.32 Å². The molecule has 0 aromatic heterocycles. The van der Waals surface area contributed by atoms with Gasteiger partial charge in [0.15, 0.2) is 0 Å². The van der Waals surface area contributed by atoms with E-state index in [4.69, 9.17) is 4.74 Å². The van der Waals surface area contributed by atoms with Crippen LogP contribution in [0.4, 0.5) is 0 Å². The van der Waals surface area contributed by atoms with Crippen molar-refractivity contribution < 1.29 is 4.74 Å². The lowest BCUT2D eigenvalue weighted by molar-refractivity contribution is -0.0586. The molecule has 1 aromatic carbocycles. The number of rotatable bonds is 1. The lowest BCUT2D eigenvalue weighted by atomic mass is 9.95. The zero-order chi connectivity index (χ0) is 9.15. The van der Waals surface area contributed by atoms with Gasteiger partial charge < -0.3 is 4.74 Å². The molecule has 0 spiro atoms. The Hall–Kier alpha value is -0.860. The highest BCUT2D eigenvalue weighted by Crippen LogP contribution is 2.26. The topological polar surface area (TPSA) is 23.3 Å². The fourth-order valence-corrected chi connectivity index (χ4v) is 1.64. The predicted molar refractivity (Wildman–Crippen MR) is 51.6 cm³/mol. The minimum absolute atomic E-state index is 0.195. The Labute approximate surface area is 78.9 Å². The van der Waals surface area contributed by atoms with E-state index in [1.807, 2.05) is 18.2 Å². The summed E-state index contributed by atoms with van der Waals surface area (Å²) in [6.07, 6.45) is 0. The quantitative estimate of drug-likeness (QED) is 0.636. The number of nitrogens with zero attached hydrogens (tertiary/aromatic N) is 1. The van der Waals surface area contributed by atoms with E-state index in [-0.39, 0.29) is 5.60 Å². The van der Waals surface area contributed by atoms with E-state index in [1.165, 1.54) is 5.56 Å². The first-order valence-corrected chi connectivity index (χ1v) is 4.64. The first-order chi connectivity index (χ1) is 6.31. The summed E-state index contributed by atoms with van der Waals surface area (Å²) in [7, 11) is 0. The summed E-state index contributed by atoms with van der Waals surface area (Å²) >= 11 is 0. The van der Waals surface area contributed by atoms with E-state index in [1.54, 1.807) is 0 Å². The highest BCUT2D eigenvalue weighted by Gasteiger charge is 2.29. The molecule has 2 heteroatoms. The Bertz CT molecular complexity index is 265. The van der Waals surface area contributed by atoms with Gasteiger partial charge in [-0.1, -0.05) is 30.3 Å². The van der Waals surface area contributed by atoms with Crippen molar-refractivity contribution in [3.8, 4) is 0 Å². The van der Waals surface area contributed by atoms with Crippen molar-refractivity contribution >= 4 is 0 Å². The summed E-state index contributed by atoms with van der Waals surface area (Å²) in [5.41, 5.74) is 1.03. The summed E-state index contributed by atoms with van der Waals surface area (Å²) < 4.78 is 5.76. The van der Waals surface area contributed by atoms with E-state index in [9.17, 15) is 0 Å². The van der Waals surface area contributed by atoms with Crippen LogP contribution in [0.2, 0.25) is 0 Å². The lowest BCUT2D eigenvalue weighted by Gasteiger charge is -2.33. The van der Waals surface area contributed by atoms with E-state index < -0.39 is 0 Å². The van der Waals surface area contributed by atoms with Crippen LogP contribution in [0.25, 0.3) is 0 Å². The summed E-state index contributed by atoms with van der Waals surface area (Å²) in [6, 6.07) is 10.3. The molecule has 2 rings (SSSR count). The Morgan fingerprint density at radius 2 is 2.08 bits per heavy atom. The summed E-state index contributed by atoms with van der Waals surface area (Å²) in [5.74, 6) is 0. The van der Waals surface area contributed by atoms with Gasteiger partial charge in [0, 0.05) is 13.1 Å². The van der Waals surface area contributed by atoms with Crippen LogP contribution in [-0.4, -0.2) is 19.7 Å². The maximum absolute atomic E-state index is 5.76. The Balaban J connectivity index is 2.23. The van der Waals surface area contributed by atoms with Crippen LogP contribution in [0, 0.1) is 0 Å². The molecule has 1 radical (unpaired) electrons. The molecule has 0 aliphatic carbocycles. The Morgan fingerprint density at radius 1 is 1.31 bits per heavy atom. The fourth-order valence-electron chi connectivity index (χ4n) is 1.64. The molecular formula is C11H14NO. The van der Waals surface area contributed by atoms with Gasteiger partial charge in [0.1, 0.15) is 5.60 Å². The maximum atomic E-state index is 5.76. The monoisotopic (exact) mass is 176 g/mol. The van der Waals surface area contributed by atoms with Crippen molar-refractivity contribution in [2.24, 2.45) is 0 Å². The van der Waals surface area contributed by atoms with Gasteiger partial charge in [0.2, 0.25) is 0 Å². The normalized spacial score (nSPS) is 28.7. The fraction of sp³-hybridized carbons (Fsp3) is 0.455. The minimum atomic E-state index is -0.195. The molecule has 1 aliphatic rings. The van der Waals surface area contributed by atoms with Gasteiger partial charge >= 0.3 is 0 Å². The van der Waals surface area contributed by atoms with Crippen molar-refractivity contribution in [3.63, 3.8) is 0 Å². The van der Waals surface area contributed by atoms with Gasteiger partial charge in [-0.2, -0.15) is 0 Å². The van der Waals surface area contributed by atoms with Gasteiger partial charge in [-0.15, -0.1) is 0 Å². The molecule has 69 valence electrons. The van der Waals surface area contributed by atoms with Gasteiger partial charge in [0.05, 0.1) is 6.61 Å². The molecule has 1 saturated heterocycles. The third-order valence-corrected chi connectivity index (χ3v) is 2.47. The minimum Gasteiger partial charge on any atom is -0.368 e. The zero-order valence-electron chi connectivity index (χ0n) is 7.86. The second-order valence-electron chi connectivity index (χ2n) is 3.55. The lowest BCUT2D eigenvalue weighted by Crippen LogP contribution is -2.41. The summed E-state index contributed by atoms with van der Waals surface area (Å²) in [5, 5.41) is 4.38. The Kier molecular flexibility index (Phi) is 2.34. The average Bonchev–Trinajstić information content (AvgIpc) is 2.20. The number of benzene rings is 1. The van der Waals surface area contributed by atoms with Crippen LogP contribution < -0.4 is 5.32 Å². The molecule has 1 unspecified atom stereocenters. The standard InChI is InChI=1S/C11H14NO/c1-11(9-12-7-8-13-11)10-5-3-2-4-6-10/h2-6H,7-9H2,1H3. The maximum Gasteiger partial charge on any atom is 0.104 e. The second kappa shape index (κ2) is 3.48. The number of ether oxygens (including phenoxy) is 1. The molecule has 1 atom stereocenters. The van der Waals surface area contributed by atoms with Crippen molar-refractivity contribution in [1.82, 2.24) is 5.32 Å². The number of hydrogen-bond acceptors (Lipinski definition) is 1. The van der Waals surface area contributed by atoms with Crippen LogP contribution in [0.15, 0.2) is 30.3 Å². The zero-order valence-corrected chi connectivity index (χ0v) is 7.86. The first-order valence-electron chi connectivity index (χ1n) is 4.64. The van der Waals surface area contributed by atoms with Crippen molar-refractivity contribution in [2.75, 3.05) is 19.7 Å². The van der Waals surface area contributed by atoms with Gasteiger partial charge in [-0.05, 0) is 12.5 Å². The van der Waals surface area contributed by atoms with E-state index in [2.05, 4.69) is 24.4 Å². The number of morpholine rings is 1. The van der Waals surface area contributed by atoms with Crippen LogP contribution in [0.3, 0.4) is 0 Å². The average molecular weight is 176 g/mol. The molecule has 0 N–H and O–H groups in total. The molecule has 1 heterocycles. The number of hydrogen-bond donors (Lipinski definition) is 0. The molecule has 0 saturated carbocycles. The predicted octanol–water partition coefficient (Wildman–Crippen LogP) is 1.54. The van der Waals surface area contributed by atoms with Gasteiger partial charge in [-0.3, -0.25) is 0 Å². The molecule has 1 fully saturated rings. The van der Waals surface area contributed by atoms with Crippen LogP contribution in [0.5, 0.6) is 0 Å². The summed E-state index contributed by atoms with van der Waals surface area (Å²) in [4.78, 5) is 0. The van der Waals surface area contributed by atoms with E-state index in [0.717, 1.165) is 19.7 Å². The van der Waals surface area contributed by atoms with Crippen molar-refractivity contribution in [1.29, 1.82) is 0 Å². The van der Waals surface area contributed by atoms with Crippen molar-refractivity contribution in [3.05, 3.63) is 35.9 Å². The highest BCUT2D eigenvalue weighted by molar-refractivity contribution is 5.22. The molecule has 1 aliphatic heterocycles. The SMILES string of the molecule is CC1(c2ccccc2)C[N]CCO1. The highest BCUT2D eigenvalue weighted by atomic mass is 16.5. The van der Waals surface area contributed by atoms with Crippen LogP contribution in [-0.2, 0) is 10.3 Å². The smallest absolute Gasteiger partial charge is 0.104 e. The molecule has 2 nitrogen and oxygen atoms in total. The molecule has 1 aromatic rings. The third-order valence-electron chi connectivity index (χ3n) is 2.47. The van der Waals surface area contributed by atoms with E-state index in [0.29, 0.717) is 0 Å². The van der Waals surface area contributed by atoms with Crippen LogP contribution in [0.1, 0.15) is 12.5 Å². The van der Waals surface area contributed by atoms with E-state index >= 15 is 0 Å². The summed E-state index contributed by atoms with van der Waals surface area (Å²) in [6.45, 7) is 4.45. The van der Waals surface area contributed by atoms with Gasteiger partial charge in [0.25, 0.3) is 0 Å². The second-order valence-corrected chi connectivity index (χ2v) is 3.55. The Morgan fingerprint density at radius 3 is 2.69 bits per heavy atom. The van der Waals surface area contributed by atoms with Crippen molar-refractivity contribution in [2.45, 2.75) is 12.5 Å². The molecule has 13 heavy (non-hydrogen) atoms. The van der Waals surface area contributed by atoms with Crippen LogP contribution >= 0.6 is 0 Å². The third kappa shape index (κ3) is 1.74. The first kappa shape index (κ1) is 8.73. The molecular weight excluding hydrogens is 162 g/mol. The molecule has 0 bridgehead atoms. The molecule has 0 amide bonds. The largest absolute Gasteiger partial charge is 0.368 e.